The number of rotatable bonds is 3. The van der Waals surface area contributed by atoms with Crippen molar-refractivity contribution in [1.29, 1.82) is 0 Å². The Morgan fingerprint density at radius 1 is 1.21 bits per heavy atom. The molecule has 2 heterocycles. The monoisotopic (exact) mass is 268 g/mol. The lowest BCUT2D eigenvalue weighted by molar-refractivity contribution is -0.140. The van der Waals surface area contributed by atoms with Gasteiger partial charge in [-0.1, -0.05) is 6.92 Å². The molecule has 1 N–H and O–H groups in total. The number of carbonyl (C=O) groups is 1. The fourth-order valence-electron chi connectivity index (χ4n) is 3.60. The Kier molecular flexibility index (Phi) is 4.85. The smallest absolute Gasteiger partial charge is 0.228 e. The van der Waals surface area contributed by atoms with Crippen molar-refractivity contribution in [2.24, 2.45) is 11.8 Å². The van der Waals surface area contributed by atoms with E-state index in [9.17, 15) is 4.79 Å². The molecule has 0 spiro atoms. The predicted octanol–water partition coefficient (Wildman–Crippen LogP) is 1.65. The molecule has 0 bridgehead atoms. The van der Waals surface area contributed by atoms with Gasteiger partial charge in [0.25, 0.3) is 0 Å². The van der Waals surface area contributed by atoms with Crippen LogP contribution in [0.3, 0.4) is 0 Å². The van der Waals surface area contributed by atoms with Crippen LogP contribution in [-0.2, 0) is 9.53 Å². The van der Waals surface area contributed by atoms with E-state index in [1.807, 2.05) is 6.92 Å². The van der Waals surface area contributed by atoms with Gasteiger partial charge in [-0.15, -0.1) is 0 Å². The maximum absolute atomic E-state index is 12.9. The van der Waals surface area contributed by atoms with Crippen molar-refractivity contribution in [3.63, 3.8) is 0 Å². The van der Waals surface area contributed by atoms with Gasteiger partial charge in [0.05, 0.1) is 18.1 Å². The van der Waals surface area contributed by atoms with Gasteiger partial charge in [-0.25, -0.2) is 0 Å². The fourth-order valence-corrected chi connectivity index (χ4v) is 3.60. The maximum Gasteiger partial charge on any atom is 0.228 e. The van der Waals surface area contributed by atoms with E-state index in [2.05, 4.69) is 31.0 Å². The Bertz CT molecular complexity index is 315. The van der Waals surface area contributed by atoms with E-state index in [-0.39, 0.29) is 18.1 Å². The Hall–Kier alpha value is -0.610. The van der Waals surface area contributed by atoms with Crippen LogP contribution in [0, 0.1) is 11.8 Å². The highest BCUT2D eigenvalue weighted by Gasteiger charge is 2.44. The van der Waals surface area contributed by atoms with Gasteiger partial charge in [-0.05, 0) is 52.6 Å². The second kappa shape index (κ2) is 6.23. The average molecular weight is 268 g/mol. The van der Waals surface area contributed by atoms with Gasteiger partial charge < -0.3 is 15.0 Å². The molecule has 0 aromatic rings. The first kappa shape index (κ1) is 14.8. The minimum Gasteiger partial charge on any atom is -0.374 e. The van der Waals surface area contributed by atoms with Gasteiger partial charge >= 0.3 is 0 Å². The molecule has 2 aliphatic heterocycles. The molecular formula is C15H28N2O2. The van der Waals surface area contributed by atoms with Crippen molar-refractivity contribution >= 4 is 5.91 Å². The van der Waals surface area contributed by atoms with E-state index < -0.39 is 0 Å². The molecular weight excluding hydrogens is 240 g/mol. The highest BCUT2D eigenvalue weighted by atomic mass is 16.5. The summed E-state index contributed by atoms with van der Waals surface area (Å²) in [5.41, 5.74) is 0. The van der Waals surface area contributed by atoms with E-state index in [4.69, 9.17) is 4.74 Å². The molecule has 2 rings (SSSR count). The lowest BCUT2D eigenvalue weighted by Gasteiger charge is -2.36. The van der Waals surface area contributed by atoms with Crippen molar-refractivity contribution in [1.82, 2.24) is 10.2 Å². The van der Waals surface area contributed by atoms with E-state index in [0.29, 0.717) is 17.9 Å². The Balaban J connectivity index is 2.07. The molecule has 1 amide bonds. The van der Waals surface area contributed by atoms with Crippen LogP contribution in [0.15, 0.2) is 0 Å². The minimum absolute atomic E-state index is 0.0323. The number of nitrogens with zero attached hydrogens (tertiary/aromatic N) is 1. The third-order valence-corrected chi connectivity index (χ3v) is 4.90. The third-order valence-electron chi connectivity index (χ3n) is 4.90. The summed E-state index contributed by atoms with van der Waals surface area (Å²) in [7, 11) is 0. The number of hydrogen-bond donors (Lipinski definition) is 1. The zero-order valence-electron chi connectivity index (χ0n) is 12.7. The Labute approximate surface area is 116 Å². The molecule has 4 heteroatoms. The van der Waals surface area contributed by atoms with E-state index in [1.54, 1.807) is 0 Å². The molecule has 4 nitrogen and oxygen atoms in total. The number of piperidine rings is 1. The van der Waals surface area contributed by atoms with Crippen molar-refractivity contribution in [2.75, 3.05) is 19.6 Å². The van der Waals surface area contributed by atoms with E-state index >= 15 is 0 Å². The molecule has 4 unspecified atom stereocenters. The highest BCUT2D eigenvalue weighted by Crippen LogP contribution is 2.34. The number of ether oxygens (including phenoxy) is 1. The van der Waals surface area contributed by atoms with Crippen molar-refractivity contribution in [3.05, 3.63) is 0 Å². The fraction of sp³-hybridized carbons (Fsp3) is 0.933. The molecule has 0 aromatic heterocycles. The van der Waals surface area contributed by atoms with Crippen LogP contribution < -0.4 is 5.32 Å². The van der Waals surface area contributed by atoms with Gasteiger partial charge in [0.1, 0.15) is 0 Å². The predicted molar refractivity (Wildman–Crippen MR) is 75.9 cm³/mol. The SMILES string of the molecule is CCN(C(=O)C1C(C)OC(C)C1C)C1CCNCC1. The number of hydrogen-bond acceptors (Lipinski definition) is 3. The Morgan fingerprint density at radius 3 is 2.32 bits per heavy atom. The molecule has 110 valence electrons. The summed E-state index contributed by atoms with van der Waals surface area (Å²) in [4.78, 5) is 15.0. The molecule has 2 fully saturated rings. The molecule has 4 atom stereocenters. The lowest BCUT2D eigenvalue weighted by atomic mass is 9.87. The van der Waals surface area contributed by atoms with Crippen LogP contribution in [0.5, 0.6) is 0 Å². The molecule has 0 aliphatic carbocycles. The van der Waals surface area contributed by atoms with Gasteiger partial charge in [0.2, 0.25) is 5.91 Å². The van der Waals surface area contributed by atoms with Gasteiger partial charge in [0.15, 0.2) is 0 Å². The van der Waals surface area contributed by atoms with Crippen molar-refractivity contribution < 1.29 is 9.53 Å². The van der Waals surface area contributed by atoms with E-state index in [1.165, 1.54) is 0 Å². The summed E-state index contributed by atoms with van der Waals surface area (Å²) in [5.74, 6) is 0.654. The first-order valence-corrected chi connectivity index (χ1v) is 7.72. The standard InChI is InChI=1S/C15H28N2O2/c1-5-17(13-6-8-16-9-7-13)15(18)14-10(2)11(3)19-12(14)4/h10-14,16H,5-9H2,1-4H3. The summed E-state index contributed by atoms with van der Waals surface area (Å²) in [5, 5.41) is 3.36. The van der Waals surface area contributed by atoms with Crippen molar-refractivity contribution in [2.45, 2.75) is 58.8 Å². The normalized spacial score (nSPS) is 36.4. The van der Waals surface area contributed by atoms with Crippen LogP contribution in [0.4, 0.5) is 0 Å². The lowest BCUT2D eigenvalue weighted by Crippen LogP contribution is -2.50. The Morgan fingerprint density at radius 2 is 1.84 bits per heavy atom. The summed E-state index contributed by atoms with van der Waals surface area (Å²) in [6.45, 7) is 11.2. The van der Waals surface area contributed by atoms with Crippen LogP contribution >= 0.6 is 0 Å². The van der Waals surface area contributed by atoms with Crippen LogP contribution in [0.1, 0.15) is 40.5 Å². The summed E-state index contributed by atoms with van der Waals surface area (Å²) in [6.07, 6.45) is 2.39. The number of carbonyl (C=O) groups excluding carboxylic acids is 1. The molecule has 0 aromatic carbocycles. The molecule has 19 heavy (non-hydrogen) atoms. The molecule has 0 radical (unpaired) electrons. The molecule has 2 aliphatic rings. The van der Waals surface area contributed by atoms with E-state index in [0.717, 1.165) is 32.5 Å². The van der Waals surface area contributed by atoms with Crippen LogP contribution in [0.2, 0.25) is 0 Å². The largest absolute Gasteiger partial charge is 0.374 e. The summed E-state index contributed by atoms with van der Waals surface area (Å²) >= 11 is 0. The van der Waals surface area contributed by atoms with Gasteiger partial charge in [-0.3, -0.25) is 4.79 Å². The van der Waals surface area contributed by atoms with Crippen molar-refractivity contribution in [3.8, 4) is 0 Å². The maximum atomic E-state index is 12.9. The second-order valence-corrected chi connectivity index (χ2v) is 6.04. The second-order valence-electron chi connectivity index (χ2n) is 6.04. The summed E-state index contributed by atoms with van der Waals surface area (Å²) < 4.78 is 5.83. The zero-order valence-corrected chi connectivity index (χ0v) is 12.7. The first-order valence-electron chi connectivity index (χ1n) is 7.72. The van der Waals surface area contributed by atoms with Crippen LogP contribution in [0.25, 0.3) is 0 Å². The highest BCUT2D eigenvalue weighted by molar-refractivity contribution is 5.80. The average Bonchev–Trinajstić information content (AvgIpc) is 2.65. The topological polar surface area (TPSA) is 41.6 Å². The molecule has 2 saturated heterocycles. The molecule has 0 saturated carbocycles. The zero-order chi connectivity index (χ0) is 14.0. The summed E-state index contributed by atoms with van der Waals surface area (Å²) in [6, 6.07) is 0.411. The third kappa shape index (κ3) is 2.95. The number of amides is 1. The minimum atomic E-state index is 0.0323. The van der Waals surface area contributed by atoms with Crippen LogP contribution in [-0.4, -0.2) is 48.7 Å². The quantitative estimate of drug-likeness (QED) is 0.846. The van der Waals surface area contributed by atoms with Gasteiger partial charge in [-0.2, -0.15) is 0 Å². The first-order chi connectivity index (χ1) is 9.06. The number of nitrogens with one attached hydrogen (secondary N) is 1. The van der Waals surface area contributed by atoms with Gasteiger partial charge in [0, 0.05) is 12.6 Å².